The van der Waals surface area contributed by atoms with Crippen LogP contribution in [-0.4, -0.2) is 52.4 Å². The predicted octanol–water partition coefficient (Wildman–Crippen LogP) is 3.70. The number of rotatable bonds is 2. The van der Waals surface area contributed by atoms with Crippen molar-refractivity contribution in [3.8, 4) is 5.75 Å². The van der Waals surface area contributed by atoms with Gasteiger partial charge >= 0.3 is 0 Å². The Hall–Kier alpha value is -3.92. The molecule has 3 N–H and O–H groups in total. The minimum atomic E-state index is -0.935. The van der Waals surface area contributed by atoms with Gasteiger partial charge < -0.3 is 29.0 Å². The highest BCUT2D eigenvalue weighted by Gasteiger charge is 2.53. The molecule has 4 atom stereocenters. The number of methoxy groups -OCH3 is 1. The molecule has 9 nitrogen and oxygen atoms in total. The molecule has 3 aromatic carbocycles. The molecule has 5 aromatic rings. The number of hydrogen-bond donors (Lipinski definition) is 3. The summed E-state index contributed by atoms with van der Waals surface area (Å²) in [4.78, 5) is 26.7. The van der Waals surface area contributed by atoms with E-state index in [1.54, 1.807) is 19.2 Å². The maximum atomic E-state index is 13.4. The zero-order valence-corrected chi connectivity index (χ0v) is 20.5. The molecule has 2 amide bonds. The number of likely N-dealkylation sites (N-methyl/N-ethyl adjacent to an activating group) is 1. The number of aromatic hydroxyl groups is 1. The topological polar surface area (TPSA) is 107 Å². The number of phenols is 1. The second kappa shape index (κ2) is 6.69. The maximum absolute atomic E-state index is 13.4. The molecule has 2 bridgehead atoms. The Morgan fingerprint density at radius 3 is 2.51 bits per heavy atom. The standard InChI is InChI=1S/C28H24N4O5/c1-28-25(36-3)15(29-2)11-18(37-28)31-16-9-8-12(33)10-14(16)20-22-21(26(34)30-27(22)35)19-13-6-4-5-7-17(13)32(28)24(19)23(20)31/h4-10,15,18,25,29,33H,11H2,1-3H3,(H,30,34,35)/t15-,18-,25-,28+/m1/s1. The summed E-state index contributed by atoms with van der Waals surface area (Å²) in [6, 6.07) is 13.0. The molecule has 0 spiro atoms. The smallest absolute Gasteiger partial charge is 0.259 e. The Morgan fingerprint density at radius 2 is 1.78 bits per heavy atom. The number of ether oxygens (including phenoxy) is 2. The van der Waals surface area contributed by atoms with E-state index in [0.29, 0.717) is 28.3 Å². The van der Waals surface area contributed by atoms with Crippen LogP contribution in [0.15, 0.2) is 42.5 Å². The van der Waals surface area contributed by atoms with Crippen LogP contribution in [-0.2, 0) is 15.2 Å². The van der Waals surface area contributed by atoms with Crippen LogP contribution in [0.2, 0.25) is 0 Å². The van der Waals surface area contributed by atoms with Crippen molar-refractivity contribution in [3.63, 3.8) is 0 Å². The summed E-state index contributed by atoms with van der Waals surface area (Å²) >= 11 is 0. The summed E-state index contributed by atoms with van der Waals surface area (Å²) < 4.78 is 17.4. The van der Waals surface area contributed by atoms with Gasteiger partial charge in [-0.25, -0.2) is 0 Å². The number of imide groups is 1. The third-order valence-electron chi connectivity index (χ3n) is 8.60. The van der Waals surface area contributed by atoms with E-state index in [0.717, 1.165) is 32.8 Å². The number of carbonyl (C=O) groups excluding carboxylic acids is 2. The van der Waals surface area contributed by atoms with E-state index in [2.05, 4.69) is 19.8 Å². The Bertz CT molecular complexity index is 1880. The molecule has 0 radical (unpaired) electrons. The van der Waals surface area contributed by atoms with Crippen molar-refractivity contribution in [2.45, 2.75) is 37.4 Å². The third kappa shape index (κ3) is 2.27. The van der Waals surface area contributed by atoms with Crippen LogP contribution in [0.5, 0.6) is 5.75 Å². The SMILES string of the molecule is CN[C@@H]1C[C@H]2O[C@@](C)([C@@H]1OC)n1c3ccccc3c3c4c(c5c6cc(O)ccc6n2c5c31)C(=O)NC4=O. The highest BCUT2D eigenvalue weighted by molar-refractivity contribution is 6.39. The Kier molecular flexibility index (Phi) is 3.83. The van der Waals surface area contributed by atoms with E-state index in [4.69, 9.17) is 9.47 Å². The molecule has 1 fully saturated rings. The molecular weight excluding hydrogens is 472 g/mol. The number of para-hydroxylation sites is 1. The highest BCUT2D eigenvalue weighted by Crippen LogP contribution is 2.53. The van der Waals surface area contributed by atoms with Gasteiger partial charge in [0, 0.05) is 41.1 Å². The number of amides is 2. The fraction of sp³-hybridized carbons (Fsp3) is 0.286. The largest absolute Gasteiger partial charge is 0.508 e. The number of phenolic OH excluding ortho intramolecular Hbond substituents is 1. The molecule has 9 heteroatoms. The van der Waals surface area contributed by atoms with Crippen LogP contribution in [0.3, 0.4) is 0 Å². The minimum absolute atomic E-state index is 0.0410. The average Bonchev–Trinajstić information content (AvgIpc) is 3.48. The van der Waals surface area contributed by atoms with E-state index in [9.17, 15) is 14.7 Å². The lowest BCUT2D eigenvalue weighted by molar-refractivity contribution is -0.256. The van der Waals surface area contributed by atoms with Crippen LogP contribution in [0.25, 0.3) is 43.6 Å². The van der Waals surface area contributed by atoms with E-state index in [-0.39, 0.29) is 17.9 Å². The summed E-state index contributed by atoms with van der Waals surface area (Å²) in [5.74, 6) is -0.756. The van der Waals surface area contributed by atoms with Crippen molar-refractivity contribution in [1.82, 2.24) is 19.8 Å². The molecule has 3 aliphatic rings. The van der Waals surface area contributed by atoms with Crippen molar-refractivity contribution < 1.29 is 24.2 Å². The van der Waals surface area contributed by atoms with E-state index in [1.807, 2.05) is 44.3 Å². The lowest BCUT2D eigenvalue weighted by atomic mass is 9.93. The summed E-state index contributed by atoms with van der Waals surface area (Å²) in [5.41, 5.74) is 3.13. The molecule has 5 heterocycles. The molecule has 2 aromatic heterocycles. The number of carbonyl (C=O) groups is 2. The van der Waals surface area contributed by atoms with Gasteiger partial charge in [0.25, 0.3) is 11.8 Å². The quantitative estimate of drug-likeness (QED) is 0.322. The summed E-state index contributed by atoms with van der Waals surface area (Å²) in [6.07, 6.45) is -0.110. The molecule has 0 saturated carbocycles. The third-order valence-corrected chi connectivity index (χ3v) is 8.60. The normalized spacial score (nSPS) is 26.5. The molecule has 1 saturated heterocycles. The molecule has 0 aliphatic carbocycles. The van der Waals surface area contributed by atoms with Crippen LogP contribution in [0, 0.1) is 0 Å². The zero-order valence-electron chi connectivity index (χ0n) is 20.5. The van der Waals surface area contributed by atoms with Gasteiger partial charge in [-0.2, -0.15) is 0 Å². The molecule has 8 rings (SSSR count). The Balaban J connectivity index is 1.74. The monoisotopic (exact) mass is 496 g/mol. The van der Waals surface area contributed by atoms with E-state index >= 15 is 0 Å². The molecule has 3 aliphatic heterocycles. The van der Waals surface area contributed by atoms with Gasteiger partial charge in [0.1, 0.15) is 18.1 Å². The van der Waals surface area contributed by atoms with Gasteiger partial charge in [-0.1, -0.05) is 18.2 Å². The van der Waals surface area contributed by atoms with Crippen molar-refractivity contribution in [1.29, 1.82) is 0 Å². The number of nitrogens with zero attached hydrogens (tertiary/aromatic N) is 2. The molecule has 0 unspecified atom stereocenters. The van der Waals surface area contributed by atoms with Gasteiger partial charge in [-0.05, 0) is 38.2 Å². The number of hydrogen-bond acceptors (Lipinski definition) is 6. The highest BCUT2D eigenvalue weighted by atomic mass is 16.6. The summed E-state index contributed by atoms with van der Waals surface area (Å²) in [7, 11) is 3.62. The van der Waals surface area contributed by atoms with Gasteiger partial charge in [-0.15, -0.1) is 0 Å². The number of nitrogens with one attached hydrogen (secondary N) is 2. The fourth-order valence-electron chi connectivity index (χ4n) is 7.29. The van der Waals surface area contributed by atoms with Crippen LogP contribution >= 0.6 is 0 Å². The van der Waals surface area contributed by atoms with E-state index in [1.165, 1.54) is 0 Å². The lowest BCUT2D eigenvalue weighted by Crippen LogP contribution is -2.59. The van der Waals surface area contributed by atoms with Gasteiger partial charge in [-0.3, -0.25) is 14.9 Å². The van der Waals surface area contributed by atoms with Crippen molar-refractivity contribution in [2.24, 2.45) is 0 Å². The van der Waals surface area contributed by atoms with Crippen molar-refractivity contribution in [3.05, 3.63) is 53.6 Å². The predicted molar refractivity (Wildman–Crippen MR) is 138 cm³/mol. The first-order chi connectivity index (χ1) is 17.9. The van der Waals surface area contributed by atoms with Gasteiger partial charge in [0.05, 0.1) is 33.2 Å². The molecule has 37 heavy (non-hydrogen) atoms. The molecular formula is C28H24N4O5. The summed E-state index contributed by atoms with van der Waals surface area (Å²) in [5, 5.41) is 19.4. The van der Waals surface area contributed by atoms with Crippen LogP contribution < -0.4 is 10.6 Å². The lowest BCUT2D eigenvalue weighted by Gasteiger charge is -2.48. The fourth-order valence-corrected chi connectivity index (χ4v) is 7.29. The Labute approximate surface area is 210 Å². The number of fused-ring (bicyclic) bond motifs is 13. The number of aromatic nitrogens is 2. The van der Waals surface area contributed by atoms with Crippen LogP contribution in [0.4, 0.5) is 0 Å². The average molecular weight is 497 g/mol. The molecule has 186 valence electrons. The second-order valence-corrected chi connectivity index (χ2v) is 10.3. The Morgan fingerprint density at radius 1 is 1.05 bits per heavy atom. The van der Waals surface area contributed by atoms with E-state index < -0.39 is 23.8 Å². The van der Waals surface area contributed by atoms with Gasteiger partial charge in [0.2, 0.25) is 0 Å². The zero-order chi connectivity index (χ0) is 25.4. The summed E-state index contributed by atoms with van der Waals surface area (Å²) in [6.45, 7) is 2.04. The first-order valence-electron chi connectivity index (χ1n) is 12.4. The first kappa shape index (κ1) is 21.2. The van der Waals surface area contributed by atoms with Crippen molar-refractivity contribution >= 4 is 55.4 Å². The van der Waals surface area contributed by atoms with Gasteiger partial charge in [0.15, 0.2) is 5.72 Å². The van der Waals surface area contributed by atoms with Crippen LogP contribution in [0.1, 0.15) is 40.3 Å². The first-order valence-corrected chi connectivity index (χ1v) is 12.4. The maximum Gasteiger partial charge on any atom is 0.259 e. The van der Waals surface area contributed by atoms with Crippen molar-refractivity contribution in [2.75, 3.05) is 14.2 Å². The second-order valence-electron chi connectivity index (χ2n) is 10.3. The minimum Gasteiger partial charge on any atom is -0.508 e. The number of benzene rings is 3.